The molecule has 0 spiro atoms. The zero-order valence-corrected chi connectivity index (χ0v) is 11.5. The van der Waals surface area contributed by atoms with Gasteiger partial charge in [-0.25, -0.2) is 4.79 Å². The number of carboxylic acid groups (broad SMARTS) is 1. The highest BCUT2D eigenvalue weighted by Gasteiger charge is 2.24. The maximum atomic E-state index is 11.6. The molecule has 0 amide bonds. The van der Waals surface area contributed by atoms with Gasteiger partial charge in [-0.15, -0.1) is 0 Å². The van der Waals surface area contributed by atoms with Crippen molar-refractivity contribution in [2.45, 2.75) is 26.2 Å². The van der Waals surface area contributed by atoms with Crippen molar-refractivity contribution in [2.24, 2.45) is 0 Å². The van der Waals surface area contributed by atoms with Crippen LogP contribution in [0.2, 0.25) is 0 Å². The van der Waals surface area contributed by atoms with Gasteiger partial charge in [-0.2, -0.15) is 0 Å². The van der Waals surface area contributed by atoms with E-state index in [0.717, 1.165) is 51.5 Å². The minimum Gasteiger partial charge on any atom is -0.478 e. The monoisotopic (exact) mass is 305 g/mol. The van der Waals surface area contributed by atoms with Gasteiger partial charge in [0, 0.05) is 15.6 Å². The van der Waals surface area contributed by atoms with E-state index >= 15 is 0 Å². The fourth-order valence-corrected chi connectivity index (χ4v) is 3.31. The minimum absolute atomic E-state index is 0.442. The van der Waals surface area contributed by atoms with E-state index < -0.39 is 5.97 Å². The Kier molecular flexibility index (Phi) is 2.63. The summed E-state index contributed by atoms with van der Waals surface area (Å²) in [4.78, 5) is 16.2. The van der Waals surface area contributed by atoms with Crippen LogP contribution >= 0.6 is 15.9 Å². The molecule has 1 N–H and O–H groups in total. The quantitative estimate of drug-likeness (QED) is 0.877. The fraction of sp³-hybridized carbons (Fsp3) is 0.286. The Balaban J connectivity index is 2.50. The highest BCUT2D eigenvalue weighted by atomic mass is 79.9. The SMILES string of the molecule is Cc1cc(Br)cc2c(C(=O)O)c3c(nc12)CCC3. The number of hydrogen-bond donors (Lipinski definition) is 1. The van der Waals surface area contributed by atoms with Crippen LogP contribution in [-0.4, -0.2) is 16.1 Å². The lowest BCUT2D eigenvalue weighted by Crippen LogP contribution is -2.06. The summed E-state index contributed by atoms with van der Waals surface area (Å²) in [6.45, 7) is 1.97. The van der Waals surface area contributed by atoms with Crippen LogP contribution in [0.25, 0.3) is 10.9 Å². The topological polar surface area (TPSA) is 50.2 Å². The summed E-state index contributed by atoms with van der Waals surface area (Å²) in [6.07, 6.45) is 2.71. The number of rotatable bonds is 1. The van der Waals surface area contributed by atoms with Gasteiger partial charge in [0.15, 0.2) is 0 Å². The van der Waals surface area contributed by atoms with Crippen molar-refractivity contribution in [1.82, 2.24) is 4.98 Å². The van der Waals surface area contributed by atoms with Gasteiger partial charge in [0.25, 0.3) is 0 Å². The van der Waals surface area contributed by atoms with E-state index in [1.165, 1.54) is 0 Å². The second kappa shape index (κ2) is 4.05. The molecule has 18 heavy (non-hydrogen) atoms. The van der Waals surface area contributed by atoms with Gasteiger partial charge in [-0.3, -0.25) is 4.98 Å². The number of carboxylic acids is 1. The number of fused-ring (bicyclic) bond motifs is 2. The van der Waals surface area contributed by atoms with Crippen LogP contribution in [0, 0.1) is 6.92 Å². The molecule has 1 aliphatic carbocycles. The van der Waals surface area contributed by atoms with Gasteiger partial charge in [0.05, 0.1) is 11.1 Å². The van der Waals surface area contributed by atoms with Crippen LogP contribution in [0.3, 0.4) is 0 Å². The molecule has 3 rings (SSSR count). The average molecular weight is 306 g/mol. The molecule has 1 heterocycles. The summed E-state index contributed by atoms with van der Waals surface area (Å²) in [5.41, 5.74) is 4.16. The van der Waals surface area contributed by atoms with E-state index in [0.29, 0.717) is 5.56 Å². The Morgan fingerprint density at radius 1 is 1.39 bits per heavy atom. The average Bonchev–Trinajstić information content (AvgIpc) is 2.73. The zero-order chi connectivity index (χ0) is 12.9. The first-order valence-corrected chi connectivity index (χ1v) is 6.72. The Morgan fingerprint density at radius 2 is 2.17 bits per heavy atom. The lowest BCUT2D eigenvalue weighted by atomic mass is 9.99. The Bertz CT molecular complexity index is 679. The first-order chi connectivity index (χ1) is 8.58. The zero-order valence-electron chi connectivity index (χ0n) is 9.96. The molecule has 1 aliphatic rings. The van der Waals surface area contributed by atoms with Gasteiger partial charge in [0.1, 0.15) is 0 Å². The van der Waals surface area contributed by atoms with Crippen molar-refractivity contribution in [1.29, 1.82) is 0 Å². The van der Waals surface area contributed by atoms with E-state index in [2.05, 4.69) is 20.9 Å². The number of aromatic carboxylic acids is 1. The highest BCUT2D eigenvalue weighted by Crippen LogP contribution is 2.33. The maximum absolute atomic E-state index is 11.6. The molecular weight excluding hydrogens is 294 g/mol. The molecule has 0 unspecified atom stereocenters. The fourth-order valence-electron chi connectivity index (χ4n) is 2.74. The number of halogens is 1. The van der Waals surface area contributed by atoms with Crippen molar-refractivity contribution in [3.63, 3.8) is 0 Å². The standard InChI is InChI=1S/C14H12BrNO2/c1-7-5-8(15)6-10-12(14(17)18)9-3-2-4-11(9)16-13(7)10/h5-6H,2-4H2,1H3,(H,17,18). The number of nitrogens with zero attached hydrogens (tertiary/aromatic N) is 1. The molecule has 0 saturated heterocycles. The molecule has 0 radical (unpaired) electrons. The summed E-state index contributed by atoms with van der Waals surface area (Å²) in [7, 11) is 0. The van der Waals surface area contributed by atoms with Crippen LogP contribution in [0.5, 0.6) is 0 Å². The summed E-state index contributed by atoms with van der Waals surface area (Å²) in [6, 6.07) is 3.83. The lowest BCUT2D eigenvalue weighted by molar-refractivity contribution is 0.0698. The molecule has 92 valence electrons. The molecule has 0 atom stereocenters. The number of benzene rings is 1. The smallest absolute Gasteiger partial charge is 0.336 e. The second-order valence-electron chi connectivity index (χ2n) is 4.69. The number of carbonyl (C=O) groups is 1. The van der Waals surface area contributed by atoms with Crippen molar-refractivity contribution in [3.05, 3.63) is 39.0 Å². The normalized spacial score (nSPS) is 13.9. The molecular formula is C14H12BrNO2. The first-order valence-electron chi connectivity index (χ1n) is 5.93. The molecule has 1 aromatic heterocycles. The van der Waals surface area contributed by atoms with Crippen LogP contribution in [0.1, 0.15) is 33.6 Å². The van der Waals surface area contributed by atoms with Crippen LogP contribution in [0.15, 0.2) is 16.6 Å². The van der Waals surface area contributed by atoms with Gasteiger partial charge in [-0.1, -0.05) is 15.9 Å². The molecule has 0 fully saturated rings. The largest absolute Gasteiger partial charge is 0.478 e. The Labute approximate surface area is 113 Å². The Morgan fingerprint density at radius 3 is 2.89 bits per heavy atom. The number of pyridine rings is 1. The predicted octanol–water partition coefficient (Wildman–Crippen LogP) is 3.49. The van der Waals surface area contributed by atoms with E-state index in [9.17, 15) is 9.90 Å². The van der Waals surface area contributed by atoms with Crippen LogP contribution < -0.4 is 0 Å². The minimum atomic E-state index is -0.849. The molecule has 0 saturated carbocycles. The first kappa shape index (κ1) is 11.7. The Hall–Kier alpha value is -1.42. The lowest BCUT2D eigenvalue weighted by Gasteiger charge is -2.11. The molecule has 0 bridgehead atoms. The van der Waals surface area contributed by atoms with E-state index in [1.54, 1.807) is 0 Å². The summed E-state index contributed by atoms with van der Waals surface area (Å²) < 4.78 is 0.898. The summed E-state index contributed by atoms with van der Waals surface area (Å²) in [5, 5.41) is 10.2. The van der Waals surface area contributed by atoms with E-state index in [1.807, 2.05) is 19.1 Å². The van der Waals surface area contributed by atoms with E-state index in [4.69, 9.17) is 0 Å². The third-order valence-corrected chi connectivity index (χ3v) is 3.94. The highest BCUT2D eigenvalue weighted by molar-refractivity contribution is 9.10. The predicted molar refractivity (Wildman–Crippen MR) is 73.2 cm³/mol. The summed E-state index contributed by atoms with van der Waals surface area (Å²) in [5.74, 6) is -0.849. The van der Waals surface area contributed by atoms with Crippen LogP contribution in [-0.2, 0) is 12.8 Å². The van der Waals surface area contributed by atoms with Gasteiger partial charge >= 0.3 is 5.97 Å². The van der Waals surface area contributed by atoms with Crippen molar-refractivity contribution < 1.29 is 9.90 Å². The third-order valence-electron chi connectivity index (χ3n) is 3.49. The summed E-state index contributed by atoms with van der Waals surface area (Å²) >= 11 is 3.43. The number of hydrogen-bond acceptors (Lipinski definition) is 2. The van der Waals surface area contributed by atoms with E-state index in [-0.39, 0.29) is 0 Å². The van der Waals surface area contributed by atoms with Crippen molar-refractivity contribution in [2.75, 3.05) is 0 Å². The van der Waals surface area contributed by atoms with Gasteiger partial charge < -0.3 is 5.11 Å². The van der Waals surface area contributed by atoms with Crippen molar-refractivity contribution in [3.8, 4) is 0 Å². The molecule has 1 aromatic carbocycles. The molecule has 0 aliphatic heterocycles. The van der Waals surface area contributed by atoms with Gasteiger partial charge in [0.2, 0.25) is 0 Å². The molecule has 3 nitrogen and oxygen atoms in total. The van der Waals surface area contributed by atoms with Crippen LogP contribution in [0.4, 0.5) is 0 Å². The molecule has 2 aromatic rings. The van der Waals surface area contributed by atoms with Crippen molar-refractivity contribution >= 4 is 32.8 Å². The second-order valence-corrected chi connectivity index (χ2v) is 5.61. The maximum Gasteiger partial charge on any atom is 0.336 e. The third kappa shape index (κ3) is 1.63. The molecule has 4 heteroatoms. The number of aryl methyl sites for hydroxylation is 2. The van der Waals surface area contributed by atoms with Gasteiger partial charge in [-0.05, 0) is 49.4 Å². The number of aromatic nitrogens is 1.